The first-order valence-corrected chi connectivity index (χ1v) is 10.5. The molecule has 0 atom stereocenters. The number of rotatable bonds is 3. The van der Waals surface area contributed by atoms with E-state index in [0.717, 1.165) is 23.3 Å². The van der Waals surface area contributed by atoms with Crippen molar-refractivity contribution in [3.8, 4) is 11.1 Å². The van der Waals surface area contributed by atoms with E-state index in [1.165, 1.54) is 56.9 Å². The van der Waals surface area contributed by atoms with Crippen LogP contribution in [-0.4, -0.2) is 0 Å². The standard InChI is InChI=1S/C25H30F.Y/c1-18-7-9-19(10-8-18)20-11-13-21(14-12-20)23-15-16-24(25(26)17-23)22-5-3-2-4-6-22;/h3-6,15-21H,7-14H2,1H3;/q-1;. The van der Waals surface area contributed by atoms with Gasteiger partial charge in [0.1, 0.15) is 5.82 Å². The van der Waals surface area contributed by atoms with Crippen LogP contribution in [0, 0.1) is 29.6 Å². The minimum atomic E-state index is -0.0860. The molecule has 1 radical (unpaired) electrons. The van der Waals surface area contributed by atoms with Crippen molar-refractivity contribution in [2.24, 2.45) is 17.8 Å². The zero-order valence-corrected chi connectivity index (χ0v) is 19.3. The molecule has 0 aromatic heterocycles. The van der Waals surface area contributed by atoms with Gasteiger partial charge in [0.2, 0.25) is 0 Å². The summed E-state index contributed by atoms with van der Waals surface area (Å²) < 4.78 is 14.7. The van der Waals surface area contributed by atoms with Crippen LogP contribution < -0.4 is 0 Å². The quantitative estimate of drug-likeness (QED) is 0.438. The van der Waals surface area contributed by atoms with Crippen molar-refractivity contribution in [2.45, 2.75) is 64.2 Å². The predicted octanol–water partition coefficient (Wildman–Crippen LogP) is 7.39. The minimum absolute atomic E-state index is 0. The van der Waals surface area contributed by atoms with E-state index in [-0.39, 0.29) is 38.5 Å². The molecule has 0 spiro atoms. The Bertz CT molecular complexity index is 710. The molecule has 2 aliphatic carbocycles. The van der Waals surface area contributed by atoms with Gasteiger partial charge in [-0.3, -0.25) is 0 Å². The summed E-state index contributed by atoms with van der Waals surface area (Å²) in [5, 5.41) is 0. The van der Waals surface area contributed by atoms with Crippen molar-refractivity contribution < 1.29 is 37.1 Å². The van der Waals surface area contributed by atoms with E-state index in [1.807, 2.05) is 30.3 Å². The van der Waals surface area contributed by atoms with Gasteiger partial charge in [0.25, 0.3) is 0 Å². The average molecular weight is 438 g/mol. The van der Waals surface area contributed by atoms with Gasteiger partial charge in [-0.05, 0) is 79.4 Å². The third-order valence-corrected chi connectivity index (χ3v) is 6.99. The number of halogens is 1. The van der Waals surface area contributed by atoms with E-state index in [0.29, 0.717) is 11.5 Å². The van der Waals surface area contributed by atoms with Crippen molar-refractivity contribution >= 4 is 0 Å². The number of benzene rings is 2. The maximum atomic E-state index is 14.7. The molecule has 2 aromatic carbocycles. The van der Waals surface area contributed by atoms with Crippen molar-refractivity contribution in [3.05, 3.63) is 59.9 Å². The molecule has 0 nitrogen and oxygen atoms in total. The van der Waals surface area contributed by atoms with Crippen molar-refractivity contribution in [2.75, 3.05) is 0 Å². The molecule has 2 fully saturated rings. The second-order valence-corrected chi connectivity index (χ2v) is 8.66. The zero-order chi connectivity index (χ0) is 17.9. The van der Waals surface area contributed by atoms with Gasteiger partial charge in [-0.2, -0.15) is 30.3 Å². The Balaban J connectivity index is 0.00000210. The summed E-state index contributed by atoms with van der Waals surface area (Å²) in [5.41, 5.74) is 2.83. The summed E-state index contributed by atoms with van der Waals surface area (Å²) in [4.78, 5) is 0. The third-order valence-electron chi connectivity index (χ3n) is 6.99. The molecule has 0 bridgehead atoms. The van der Waals surface area contributed by atoms with Crippen molar-refractivity contribution in [1.82, 2.24) is 0 Å². The normalized spacial score (nSPS) is 28.4. The second-order valence-electron chi connectivity index (χ2n) is 8.66. The first-order chi connectivity index (χ1) is 12.7. The molecule has 2 aliphatic rings. The van der Waals surface area contributed by atoms with E-state index >= 15 is 0 Å². The van der Waals surface area contributed by atoms with Gasteiger partial charge in [-0.1, -0.05) is 31.9 Å². The maximum Gasteiger partial charge on any atom is 0.129 e. The number of hydrogen-bond donors (Lipinski definition) is 0. The fourth-order valence-corrected chi connectivity index (χ4v) is 5.27. The Morgan fingerprint density at radius 1 is 0.815 bits per heavy atom. The molecule has 0 aliphatic heterocycles. The molecular formula is C25H30FY-. The van der Waals surface area contributed by atoms with E-state index in [1.54, 1.807) is 6.07 Å². The molecule has 27 heavy (non-hydrogen) atoms. The Labute approximate surface area is 189 Å². The molecule has 2 aromatic rings. The summed E-state index contributed by atoms with van der Waals surface area (Å²) in [6.45, 7) is 2.40. The molecular weight excluding hydrogens is 408 g/mol. The SMILES string of the molecule is CC1CCC(C2CCC(c3ccc(-c4cc[c-]cc4)c(F)c3)CC2)CC1.[Y]. The molecule has 0 saturated heterocycles. The smallest absolute Gasteiger partial charge is 0.129 e. The van der Waals surface area contributed by atoms with Gasteiger partial charge in [-0.25, -0.2) is 4.39 Å². The molecule has 141 valence electrons. The van der Waals surface area contributed by atoms with Gasteiger partial charge < -0.3 is 0 Å². The van der Waals surface area contributed by atoms with Gasteiger partial charge in [-0.15, -0.1) is 5.56 Å². The summed E-state index contributed by atoms with van der Waals surface area (Å²) in [6, 6.07) is 16.4. The van der Waals surface area contributed by atoms with Crippen LogP contribution in [0.1, 0.15) is 69.8 Å². The second kappa shape index (κ2) is 9.79. The topological polar surface area (TPSA) is 0 Å². The summed E-state index contributed by atoms with van der Waals surface area (Å²) in [7, 11) is 0. The molecule has 4 rings (SSSR count). The Hall–Kier alpha value is -0.526. The summed E-state index contributed by atoms with van der Waals surface area (Å²) >= 11 is 0. The fourth-order valence-electron chi connectivity index (χ4n) is 5.27. The van der Waals surface area contributed by atoms with E-state index in [9.17, 15) is 4.39 Å². The van der Waals surface area contributed by atoms with Crippen LogP contribution in [0.2, 0.25) is 0 Å². The molecule has 2 saturated carbocycles. The molecule has 2 heteroatoms. The van der Waals surface area contributed by atoms with Crippen molar-refractivity contribution in [3.63, 3.8) is 0 Å². The van der Waals surface area contributed by atoms with Crippen LogP contribution in [0.4, 0.5) is 4.39 Å². The Morgan fingerprint density at radius 2 is 1.41 bits per heavy atom. The monoisotopic (exact) mass is 438 g/mol. The van der Waals surface area contributed by atoms with E-state index in [4.69, 9.17) is 0 Å². The van der Waals surface area contributed by atoms with Crippen LogP contribution >= 0.6 is 0 Å². The van der Waals surface area contributed by atoms with Crippen LogP contribution in [0.15, 0.2) is 42.5 Å². The average Bonchev–Trinajstić information content (AvgIpc) is 2.69. The largest absolute Gasteiger partial charge is 0.206 e. The van der Waals surface area contributed by atoms with Crippen LogP contribution in [-0.2, 0) is 32.7 Å². The van der Waals surface area contributed by atoms with E-state index in [2.05, 4.69) is 19.1 Å². The summed E-state index contributed by atoms with van der Waals surface area (Å²) in [5.74, 6) is 3.27. The molecule has 0 unspecified atom stereocenters. The predicted molar refractivity (Wildman–Crippen MR) is 106 cm³/mol. The van der Waals surface area contributed by atoms with Crippen molar-refractivity contribution in [1.29, 1.82) is 0 Å². The van der Waals surface area contributed by atoms with Gasteiger partial charge in [0, 0.05) is 32.7 Å². The molecule has 0 heterocycles. The van der Waals surface area contributed by atoms with Gasteiger partial charge in [0.15, 0.2) is 0 Å². The summed E-state index contributed by atoms with van der Waals surface area (Å²) in [6.07, 6.45) is 10.9. The minimum Gasteiger partial charge on any atom is -0.206 e. The third kappa shape index (κ3) is 5.10. The van der Waals surface area contributed by atoms with Crippen LogP contribution in [0.5, 0.6) is 0 Å². The van der Waals surface area contributed by atoms with E-state index < -0.39 is 0 Å². The maximum absolute atomic E-state index is 14.7. The Morgan fingerprint density at radius 3 is 2.00 bits per heavy atom. The van der Waals surface area contributed by atoms with Crippen LogP contribution in [0.3, 0.4) is 0 Å². The zero-order valence-electron chi connectivity index (χ0n) is 16.5. The van der Waals surface area contributed by atoms with Gasteiger partial charge in [0.05, 0.1) is 0 Å². The first-order valence-electron chi connectivity index (χ1n) is 10.5. The van der Waals surface area contributed by atoms with Crippen LogP contribution in [0.25, 0.3) is 11.1 Å². The Kier molecular flexibility index (Phi) is 7.68. The fraction of sp³-hybridized carbons (Fsp3) is 0.520. The molecule has 0 amide bonds. The first kappa shape index (κ1) is 21.2. The van der Waals surface area contributed by atoms with Gasteiger partial charge >= 0.3 is 0 Å². The number of hydrogen-bond acceptors (Lipinski definition) is 0. The molecule has 0 N–H and O–H groups in total.